The Morgan fingerprint density at radius 2 is 1.59 bits per heavy atom. The van der Waals surface area contributed by atoms with E-state index in [1.165, 1.54) is 5.69 Å². The van der Waals surface area contributed by atoms with Crippen molar-refractivity contribution >= 4 is 91.6 Å². The van der Waals surface area contributed by atoms with Gasteiger partial charge in [0, 0.05) is 93.5 Å². The maximum atomic E-state index is 13.5. The number of urea groups is 1. The van der Waals surface area contributed by atoms with Crippen LogP contribution in [0.3, 0.4) is 0 Å². The zero-order valence-electron chi connectivity index (χ0n) is 35.3. The average Bonchev–Trinajstić information content (AvgIpc) is 3.25. The summed E-state index contributed by atoms with van der Waals surface area (Å²) in [6, 6.07) is 16.2. The molecule has 3 fully saturated rings. The predicted octanol–water partition coefficient (Wildman–Crippen LogP) is 7.50. The van der Waals surface area contributed by atoms with E-state index in [0.29, 0.717) is 68.9 Å². The highest BCUT2D eigenvalue weighted by atomic mass is 79.9. The van der Waals surface area contributed by atoms with Crippen molar-refractivity contribution in [2.45, 2.75) is 45.1 Å². The SMILES string of the molecule is COc1cc(N2CCC(N(C)CC3CCN(c4ccc(N5CCC(=O)NC5=O)cc4)CC3)CC2)c(C)cc1Nc1ncc(Br)c(Nc2ccc3nccnc3c2P(C)(C)=O)n1. The summed E-state index contributed by atoms with van der Waals surface area (Å²) >= 11 is 3.59. The first kappa shape index (κ1) is 42.4. The number of hydrogen-bond acceptors (Lipinski definition) is 13. The molecule has 3 aromatic carbocycles. The zero-order valence-corrected chi connectivity index (χ0v) is 37.8. The number of carbonyl (C=O) groups excluding carboxylic acids is 2. The van der Waals surface area contributed by atoms with E-state index in [1.54, 1.807) is 43.9 Å². The minimum absolute atomic E-state index is 0.221. The third-order valence-corrected chi connectivity index (χ3v) is 14.2. The summed E-state index contributed by atoms with van der Waals surface area (Å²) in [7, 11) is 1.20. The molecule has 0 atom stereocenters. The van der Waals surface area contributed by atoms with E-state index >= 15 is 0 Å². The van der Waals surface area contributed by atoms with E-state index < -0.39 is 7.14 Å². The molecule has 17 heteroatoms. The van der Waals surface area contributed by atoms with E-state index in [2.05, 4.69) is 99.8 Å². The van der Waals surface area contributed by atoms with Gasteiger partial charge in [0.05, 0.1) is 33.8 Å². The number of imide groups is 1. The van der Waals surface area contributed by atoms with Crippen LogP contribution in [0.4, 0.5) is 45.0 Å². The van der Waals surface area contributed by atoms with Crippen LogP contribution in [0, 0.1) is 12.8 Å². The summed E-state index contributed by atoms with van der Waals surface area (Å²) in [5.74, 6) is 2.02. The second kappa shape index (κ2) is 18.0. The van der Waals surface area contributed by atoms with E-state index in [0.717, 1.165) is 81.0 Å². The maximum absolute atomic E-state index is 13.5. The lowest BCUT2D eigenvalue weighted by atomic mass is 9.94. The van der Waals surface area contributed by atoms with Gasteiger partial charge in [0.25, 0.3) is 0 Å². The predicted molar refractivity (Wildman–Crippen MR) is 247 cm³/mol. The number of nitrogens with zero attached hydrogens (tertiary/aromatic N) is 8. The standard InChI is InChI=1S/C44H53BrN11O4P/c1-28-24-36(50-43-48-26-33(45)42(52-43)49-35-11-10-34-40(47-18-17-46-34)41(35)61(4,5)59)38(60-3)25-37(28)55-21-14-30(15-22-55)53(2)27-29-12-19-54(20-13-29)31-6-8-32(9-7-31)56-23-16-39(57)51-44(56)58/h6-11,17-18,24-26,29-30H,12-16,19-23,27H2,1-5H3,(H,51,57,58)(H2,48,49,50,52). The lowest BCUT2D eigenvalue weighted by Gasteiger charge is -2.41. The molecule has 3 aliphatic rings. The zero-order chi connectivity index (χ0) is 42.8. The minimum atomic E-state index is -2.76. The summed E-state index contributed by atoms with van der Waals surface area (Å²) in [5.41, 5.74) is 6.95. The molecule has 0 radical (unpaired) electrons. The van der Waals surface area contributed by atoms with Crippen molar-refractivity contribution in [2.75, 3.05) is 92.1 Å². The number of anilines is 7. The molecule has 2 aromatic heterocycles. The van der Waals surface area contributed by atoms with Gasteiger partial charge in [0.15, 0.2) is 0 Å². The van der Waals surface area contributed by atoms with Crippen LogP contribution in [0.2, 0.25) is 0 Å². The summed E-state index contributed by atoms with van der Waals surface area (Å²) in [6.45, 7) is 11.0. The van der Waals surface area contributed by atoms with Crippen molar-refractivity contribution in [1.82, 2.24) is 30.2 Å². The number of aryl methyl sites for hydroxylation is 1. The first-order chi connectivity index (χ1) is 29.3. The molecule has 61 heavy (non-hydrogen) atoms. The number of nitrogens with one attached hydrogen (secondary N) is 3. The molecule has 0 spiro atoms. The summed E-state index contributed by atoms with van der Waals surface area (Å²) in [4.78, 5) is 51.2. The van der Waals surface area contributed by atoms with Gasteiger partial charge in [0.1, 0.15) is 24.2 Å². The van der Waals surface area contributed by atoms with E-state index in [9.17, 15) is 14.2 Å². The number of methoxy groups -OCH3 is 1. The highest BCUT2D eigenvalue weighted by molar-refractivity contribution is 9.10. The van der Waals surface area contributed by atoms with Gasteiger partial charge in [-0.3, -0.25) is 25.0 Å². The highest BCUT2D eigenvalue weighted by Gasteiger charge is 2.29. The number of benzene rings is 3. The molecular weight excluding hydrogens is 857 g/mol. The first-order valence-electron chi connectivity index (χ1n) is 20.8. The monoisotopic (exact) mass is 909 g/mol. The molecular formula is C44H53BrN11O4P. The Morgan fingerprint density at radius 1 is 0.885 bits per heavy atom. The number of hydrogen-bond donors (Lipinski definition) is 3. The average molecular weight is 911 g/mol. The van der Waals surface area contributed by atoms with Crippen molar-refractivity contribution < 1.29 is 18.9 Å². The van der Waals surface area contributed by atoms with Gasteiger partial charge in [0.2, 0.25) is 11.9 Å². The smallest absolute Gasteiger partial charge is 0.328 e. The van der Waals surface area contributed by atoms with Crippen LogP contribution in [0.15, 0.2) is 71.6 Å². The van der Waals surface area contributed by atoms with Crippen LogP contribution in [0.25, 0.3) is 11.0 Å². The van der Waals surface area contributed by atoms with Gasteiger partial charge in [-0.25, -0.2) is 9.78 Å². The quantitative estimate of drug-likeness (QED) is 0.106. The van der Waals surface area contributed by atoms with E-state index in [-0.39, 0.29) is 11.9 Å². The molecule has 5 aromatic rings. The number of aromatic nitrogens is 4. The fourth-order valence-corrected chi connectivity index (χ4v) is 10.5. The van der Waals surface area contributed by atoms with Crippen LogP contribution in [0.1, 0.15) is 37.7 Å². The van der Waals surface area contributed by atoms with Crippen molar-refractivity contribution in [2.24, 2.45) is 5.92 Å². The van der Waals surface area contributed by atoms with Crippen LogP contribution in [-0.4, -0.2) is 110 Å². The van der Waals surface area contributed by atoms with Gasteiger partial charge in [-0.2, -0.15) is 4.98 Å². The number of amides is 3. The molecule has 0 saturated carbocycles. The Balaban J connectivity index is 0.854. The molecule has 0 unspecified atom stereocenters. The second-order valence-electron chi connectivity index (χ2n) is 16.6. The molecule has 3 aliphatic heterocycles. The number of halogens is 1. The normalized spacial score (nSPS) is 16.9. The fraction of sp³-hybridized carbons (Fsp3) is 0.409. The highest BCUT2D eigenvalue weighted by Crippen LogP contribution is 2.42. The van der Waals surface area contributed by atoms with Crippen molar-refractivity contribution in [3.8, 4) is 5.75 Å². The van der Waals surface area contributed by atoms with Crippen molar-refractivity contribution in [3.05, 3.63) is 77.2 Å². The number of rotatable bonds is 12. The Kier molecular flexibility index (Phi) is 12.5. The number of ether oxygens (including phenoxy) is 1. The molecule has 5 heterocycles. The Hall–Kier alpha value is -5.31. The minimum Gasteiger partial charge on any atom is -0.494 e. The number of carbonyl (C=O) groups is 2. The molecule has 15 nitrogen and oxygen atoms in total. The fourth-order valence-electron chi connectivity index (χ4n) is 8.85. The maximum Gasteiger partial charge on any atom is 0.328 e. The lowest BCUT2D eigenvalue weighted by molar-refractivity contribution is -0.120. The molecule has 320 valence electrons. The van der Waals surface area contributed by atoms with Gasteiger partial charge in [-0.05, 0) is 123 Å². The topological polar surface area (TPSA) is 161 Å². The first-order valence-corrected chi connectivity index (χ1v) is 24.2. The largest absolute Gasteiger partial charge is 0.494 e. The Bertz CT molecular complexity index is 2470. The van der Waals surface area contributed by atoms with Crippen molar-refractivity contribution in [1.29, 1.82) is 0 Å². The molecule has 3 N–H and O–H groups in total. The molecule has 3 saturated heterocycles. The van der Waals surface area contributed by atoms with Crippen LogP contribution in [0.5, 0.6) is 5.75 Å². The second-order valence-corrected chi connectivity index (χ2v) is 20.6. The third kappa shape index (κ3) is 9.46. The van der Waals surface area contributed by atoms with Gasteiger partial charge < -0.3 is 34.6 Å². The third-order valence-electron chi connectivity index (χ3n) is 12.1. The van der Waals surface area contributed by atoms with Crippen molar-refractivity contribution in [3.63, 3.8) is 0 Å². The lowest BCUT2D eigenvalue weighted by Crippen LogP contribution is -2.49. The Morgan fingerprint density at radius 3 is 2.30 bits per heavy atom. The Labute approximate surface area is 365 Å². The van der Waals surface area contributed by atoms with Crippen LogP contribution >= 0.6 is 23.1 Å². The number of fused-ring (bicyclic) bond motifs is 1. The van der Waals surface area contributed by atoms with E-state index in [4.69, 9.17) is 9.72 Å². The summed E-state index contributed by atoms with van der Waals surface area (Å²) in [6.07, 6.45) is 9.71. The van der Waals surface area contributed by atoms with Gasteiger partial charge in [-0.1, -0.05) is 0 Å². The summed E-state index contributed by atoms with van der Waals surface area (Å²) in [5, 5.41) is 9.76. The van der Waals surface area contributed by atoms with Gasteiger partial charge in [-0.15, -0.1) is 0 Å². The summed E-state index contributed by atoms with van der Waals surface area (Å²) < 4.78 is 20.1. The van der Waals surface area contributed by atoms with Crippen LogP contribution in [-0.2, 0) is 9.36 Å². The van der Waals surface area contributed by atoms with Crippen LogP contribution < -0.4 is 40.7 Å². The molecule has 0 bridgehead atoms. The molecule has 0 aliphatic carbocycles. The van der Waals surface area contributed by atoms with Gasteiger partial charge >= 0.3 is 6.03 Å². The number of piperidine rings is 2. The molecule has 8 rings (SSSR count). The van der Waals surface area contributed by atoms with E-state index in [1.807, 2.05) is 24.3 Å². The molecule has 3 amide bonds.